The van der Waals surface area contributed by atoms with Gasteiger partial charge >= 0.3 is 0 Å². The lowest BCUT2D eigenvalue weighted by atomic mass is 9.95. The second-order valence-corrected chi connectivity index (χ2v) is 9.69. The molecule has 0 radical (unpaired) electrons. The normalized spacial score (nSPS) is 19.5. The lowest BCUT2D eigenvalue weighted by molar-refractivity contribution is -0.140. The number of ether oxygens (including phenoxy) is 2. The predicted octanol–water partition coefficient (Wildman–Crippen LogP) is 3.72. The standard InChI is InChI=1S/C30H34N4O5/c1-3-39-24-12-10-22(11-13-24)27-26(28(35)25-20-31-34(21(25)2)23-8-5-4-6-9-23)29(36)30(37)33(27)15-7-14-32-16-18-38-19-17-32/h4-6,8-13,20,27,35H,3,7,14-19H2,1-2H3/t27-/m0/s1. The number of benzene rings is 2. The molecule has 0 saturated carbocycles. The number of aliphatic hydroxyl groups is 1. The molecule has 9 heteroatoms. The molecule has 5 rings (SSSR count). The van der Waals surface area contributed by atoms with Gasteiger partial charge in [-0.15, -0.1) is 0 Å². The molecular weight excluding hydrogens is 496 g/mol. The molecule has 1 N–H and O–H groups in total. The molecule has 1 atom stereocenters. The Labute approximate surface area is 228 Å². The van der Waals surface area contributed by atoms with E-state index < -0.39 is 17.7 Å². The summed E-state index contributed by atoms with van der Waals surface area (Å²) < 4.78 is 12.7. The van der Waals surface area contributed by atoms with Crippen molar-refractivity contribution in [1.29, 1.82) is 0 Å². The molecule has 1 amide bonds. The zero-order chi connectivity index (χ0) is 27.4. The zero-order valence-electron chi connectivity index (χ0n) is 22.4. The van der Waals surface area contributed by atoms with Gasteiger partial charge in [-0.25, -0.2) is 4.68 Å². The first kappa shape index (κ1) is 26.6. The van der Waals surface area contributed by atoms with Gasteiger partial charge in [0.2, 0.25) is 0 Å². The van der Waals surface area contributed by atoms with E-state index in [2.05, 4.69) is 10.00 Å². The van der Waals surface area contributed by atoms with E-state index in [1.807, 2.05) is 68.4 Å². The topological polar surface area (TPSA) is 97.1 Å². The Bertz CT molecular complexity index is 1340. The number of nitrogens with zero attached hydrogens (tertiary/aromatic N) is 4. The fourth-order valence-electron chi connectivity index (χ4n) is 5.28. The predicted molar refractivity (Wildman–Crippen MR) is 147 cm³/mol. The maximum absolute atomic E-state index is 13.4. The summed E-state index contributed by atoms with van der Waals surface area (Å²) in [6.07, 6.45) is 2.24. The Morgan fingerprint density at radius 1 is 1.05 bits per heavy atom. The summed E-state index contributed by atoms with van der Waals surface area (Å²) in [6.45, 7) is 8.57. The van der Waals surface area contributed by atoms with Gasteiger partial charge in [-0.3, -0.25) is 14.5 Å². The summed E-state index contributed by atoms with van der Waals surface area (Å²) in [5.41, 5.74) is 2.73. The van der Waals surface area contributed by atoms with Gasteiger partial charge in [0.25, 0.3) is 11.7 Å². The molecule has 2 aromatic carbocycles. The number of rotatable bonds is 9. The van der Waals surface area contributed by atoms with Gasteiger partial charge in [0.15, 0.2) is 0 Å². The van der Waals surface area contributed by atoms with Gasteiger partial charge in [-0.1, -0.05) is 30.3 Å². The molecular formula is C30H34N4O5. The first-order valence-corrected chi connectivity index (χ1v) is 13.4. The minimum absolute atomic E-state index is 0.0752. The van der Waals surface area contributed by atoms with Crippen LogP contribution in [0.4, 0.5) is 0 Å². The van der Waals surface area contributed by atoms with Crippen molar-refractivity contribution in [3.63, 3.8) is 0 Å². The minimum atomic E-state index is -0.718. The summed E-state index contributed by atoms with van der Waals surface area (Å²) in [4.78, 5) is 30.7. The van der Waals surface area contributed by atoms with Crippen molar-refractivity contribution in [2.45, 2.75) is 26.3 Å². The Morgan fingerprint density at radius 3 is 2.46 bits per heavy atom. The molecule has 2 fully saturated rings. The number of ketones is 1. The van der Waals surface area contributed by atoms with Crippen molar-refractivity contribution in [1.82, 2.24) is 19.6 Å². The number of aromatic nitrogens is 2. The Balaban J connectivity index is 1.50. The third kappa shape index (κ3) is 5.46. The SMILES string of the molecule is CCOc1ccc([C@H]2C(=C(O)c3cnn(-c4ccccc4)c3C)C(=O)C(=O)N2CCCN2CCOCC2)cc1. The Hall–Kier alpha value is -3.95. The number of aliphatic hydroxyl groups excluding tert-OH is 1. The summed E-state index contributed by atoms with van der Waals surface area (Å²) in [5, 5.41) is 16.0. The summed E-state index contributed by atoms with van der Waals surface area (Å²) in [5.74, 6) is -0.816. The maximum Gasteiger partial charge on any atom is 0.295 e. The number of hydrogen-bond donors (Lipinski definition) is 1. The average Bonchev–Trinajstić information content (AvgIpc) is 3.47. The van der Waals surface area contributed by atoms with Crippen LogP contribution in [0.3, 0.4) is 0 Å². The van der Waals surface area contributed by atoms with Crippen LogP contribution in [0.5, 0.6) is 5.75 Å². The summed E-state index contributed by atoms with van der Waals surface area (Å²) >= 11 is 0. The van der Waals surface area contributed by atoms with Crippen molar-refractivity contribution in [2.75, 3.05) is 46.0 Å². The van der Waals surface area contributed by atoms with Crippen molar-refractivity contribution >= 4 is 17.4 Å². The second kappa shape index (κ2) is 11.8. The lowest BCUT2D eigenvalue weighted by Crippen LogP contribution is -2.38. The van der Waals surface area contributed by atoms with Gasteiger partial charge in [-0.05, 0) is 50.1 Å². The highest BCUT2D eigenvalue weighted by Crippen LogP contribution is 2.40. The lowest BCUT2D eigenvalue weighted by Gasteiger charge is -2.29. The van der Waals surface area contributed by atoms with Crippen LogP contribution in [0.2, 0.25) is 0 Å². The van der Waals surface area contributed by atoms with E-state index in [4.69, 9.17) is 9.47 Å². The highest BCUT2D eigenvalue weighted by atomic mass is 16.5. The summed E-state index contributed by atoms with van der Waals surface area (Å²) in [7, 11) is 0. The van der Waals surface area contributed by atoms with Gasteiger partial charge in [0.05, 0.1) is 54.6 Å². The molecule has 204 valence electrons. The highest BCUT2D eigenvalue weighted by Gasteiger charge is 2.46. The fourth-order valence-corrected chi connectivity index (χ4v) is 5.28. The van der Waals surface area contributed by atoms with E-state index in [9.17, 15) is 14.7 Å². The third-order valence-electron chi connectivity index (χ3n) is 7.29. The quantitative estimate of drug-likeness (QED) is 0.256. The summed E-state index contributed by atoms with van der Waals surface area (Å²) in [6, 6.07) is 16.2. The van der Waals surface area contributed by atoms with E-state index in [-0.39, 0.29) is 11.3 Å². The van der Waals surface area contributed by atoms with E-state index in [0.717, 1.165) is 30.9 Å². The van der Waals surface area contributed by atoms with Gasteiger partial charge in [0, 0.05) is 26.2 Å². The average molecular weight is 531 g/mol. The molecule has 2 aliphatic rings. The van der Waals surface area contributed by atoms with Crippen molar-refractivity contribution in [3.05, 3.63) is 83.2 Å². The van der Waals surface area contributed by atoms with Crippen LogP contribution in [0.15, 0.2) is 66.4 Å². The molecule has 0 unspecified atom stereocenters. The smallest absolute Gasteiger partial charge is 0.295 e. The minimum Gasteiger partial charge on any atom is -0.507 e. The largest absolute Gasteiger partial charge is 0.507 e. The van der Waals surface area contributed by atoms with Crippen LogP contribution in [0.25, 0.3) is 11.4 Å². The van der Waals surface area contributed by atoms with Crippen LogP contribution < -0.4 is 4.74 Å². The Kier molecular flexibility index (Phi) is 8.09. The maximum atomic E-state index is 13.4. The molecule has 3 heterocycles. The molecule has 0 aliphatic carbocycles. The van der Waals surface area contributed by atoms with Crippen LogP contribution in [0.1, 0.15) is 36.2 Å². The number of amides is 1. The van der Waals surface area contributed by atoms with E-state index in [1.54, 1.807) is 15.8 Å². The van der Waals surface area contributed by atoms with E-state index in [0.29, 0.717) is 49.8 Å². The molecule has 0 bridgehead atoms. The highest BCUT2D eigenvalue weighted by molar-refractivity contribution is 6.46. The van der Waals surface area contributed by atoms with E-state index in [1.165, 1.54) is 0 Å². The number of morpholine rings is 1. The molecule has 1 aromatic heterocycles. The van der Waals surface area contributed by atoms with Crippen molar-refractivity contribution < 1.29 is 24.2 Å². The monoisotopic (exact) mass is 530 g/mol. The Morgan fingerprint density at radius 2 is 1.77 bits per heavy atom. The fraction of sp³-hybridized carbons (Fsp3) is 0.367. The van der Waals surface area contributed by atoms with Crippen LogP contribution >= 0.6 is 0 Å². The van der Waals surface area contributed by atoms with E-state index >= 15 is 0 Å². The molecule has 2 saturated heterocycles. The number of hydrogen-bond acceptors (Lipinski definition) is 7. The zero-order valence-corrected chi connectivity index (χ0v) is 22.4. The first-order valence-electron chi connectivity index (χ1n) is 13.4. The second-order valence-electron chi connectivity index (χ2n) is 9.69. The number of para-hydroxylation sites is 1. The van der Waals surface area contributed by atoms with Gasteiger partial charge < -0.3 is 19.5 Å². The number of likely N-dealkylation sites (tertiary alicyclic amines) is 1. The molecule has 2 aliphatic heterocycles. The number of Topliss-reactive ketones (excluding diaryl/α,β-unsaturated/α-hetero) is 1. The van der Waals surface area contributed by atoms with Crippen LogP contribution in [-0.4, -0.2) is 82.4 Å². The number of carbonyl (C=O) groups is 2. The molecule has 39 heavy (non-hydrogen) atoms. The van der Waals surface area contributed by atoms with Crippen LogP contribution in [-0.2, 0) is 14.3 Å². The van der Waals surface area contributed by atoms with Crippen LogP contribution in [0, 0.1) is 6.92 Å². The molecule has 3 aromatic rings. The third-order valence-corrected chi connectivity index (χ3v) is 7.29. The van der Waals surface area contributed by atoms with Crippen molar-refractivity contribution in [2.24, 2.45) is 0 Å². The van der Waals surface area contributed by atoms with Gasteiger partial charge in [-0.2, -0.15) is 5.10 Å². The first-order chi connectivity index (χ1) is 19.0. The van der Waals surface area contributed by atoms with Gasteiger partial charge in [0.1, 0.15) is 11.5 Å². The molecule has 9 nitrogen and oxygen atoms in total. The van der Waals surface area contributed by atoms with Crippen molar-refractivity contribution in [3.8, 4) is 11.4 Å². The number of carbonyl (C=O) groups excluding carboxylic acids is 2. The molecule has 0 spiro atoms.